The number of anilines is 2. The maximum atomic E-state index is 9.20. The Labute approximate surface area is 197 Å². The van der Waals surface area contributed by atoms with Crippen molar-refractivity contribution in [2.24, 2.45) is 0 Å². The molecule has 2 atom stereocenters. The summed E-state index contributed by atoms with van der Waals surface area (Å²) in [6.07, 6.45) is 8.16. The van der Waals surface area contributed by atoms with Gasteiger partial charge in [-0.15, -0.1) is 11.6 Å². The first kappa shape index (κ1) is 21.2. The lowest BCUT2D eigenvalue weighted by atomic mass is 9.75. The lowest BCUT2D eigenvalue weighted by Crippen LogP contribution is -2.18. The number of allylic oxidation sites excluding steroid dienone is 4. The molecule has 2 aliphatic carbocycles. The van der Waals surface area contributed by atoms with Crippen LogP contribution in [-0.2, 0) is 12.8 Å². The molecule has 2 aromatic carbocycles. The van der Waals surface area contributed by atoms with E-state index in [1.54, 1.807) is 0 Å². The van der Waals surface area contributed by atoms with Crippen LogP contribution in [0.2, 0.25) is 0 Å². The van der Waals surface area contributed by atoms with Crippen molar-refractivity contribution in [2.45, 2.75) is 30.6 Å². The Kier molecular flexibility index (Phi) is 6.01. The minimum Gasteiger partial charge on any atom is -0.396 e. The number of fused-ring (bicyclic) bond motifs is 3. The van der Waals surface area contributed by atoms with Crippen molar-refractivity contribution in [3.8, 4) is 11.3 Å². The summed E-state index contributed by atoms with van der Waals surface area (Å²) >= 11 is 12.7. The van der Waals surface area contributed by atoms with Crippen LogP contribution in [0.5, 0.6) is 0 Å². The zero-order valence-corrected chi connectivity index (χ0v) is 18.9. The Bertz CT molecular complexity index is 1220. The first-order valence-electron chi connectivity index (χ1n) is 10.7. The van der Waals surface area contributed by atoms with E-state index < -0.39 is 0 Å². The number of hydrogen-bond acceptors (Lipinski definition) is 4. The summed E-state index contributed by atoms with van der Waals surface area (Å²) in [6.45, 7) is 0.125. The molecule has 5 rings (SSSR count). The SMILES string of the molecule is OCCc1cccc(Nc2ncc3c(n2)-c2ccccc2C(C2=CC=C(Cl)C(Cl)C2)C3)c1. The number of aromatic nitrogens is 2. The van der Waals surface area contributed by atoms with Gasteiger partial charge >= 0.3 is 0 Å². The monoisotopic (exact) mass is 463 g/mol. The Hall–Kier alpha value is -2.66. The van der Waals surface area contributed by atoms with Gasteiger partial charge in [0.25, 0.3) is 0 Å². The Balaban J connectivity index is 1.48. The van der Waals surface area contributed by atoms with Crippen LogP contribution in [0.1, 0.15) is 29.0 Å². The molecule has 162 valence electrons. The van der Waals surface area contributed by atoms with Crippen molar-refractivity contribution < 1.29 is 5.11 Å². The number of rotatable bonds is 5. The summed E-state index contributed by atoms with van der Waals surface area (Å²) in [6, 6.07) is 16.4. The zero-order valence-electron chi connectivity index (χ0n) is 17.4. The molecule has 4 nitrogen and oxygen atoms in total. The molecule has 32 heavy (non-hydrogen) atoms. The van der Waals surface area contributed by atoms with Crippen molar-refractivity contribution >= 4 is 34.8 Å². The number of hydrogen-bond donors (Lipinski definition) is 2. The van der Waals surface area contributed by atoms with E-state index in [0.717, 1.165) is 40.9 Å². The van der Waals surface area contributed by atoms with Crippen LogP contribution in [0.4, 0.5) is 11.6 Å². The molecule has 0 fully saturated rings. The largest absolute Gasteiger partial charge is 0.396 e. The molecule has 3 aromatic rings. The maximum absolute atomic E-state index is 9.20. The van der Waals surface area contributed by atoms with Crippen molar-refractivity contribution in [3.63, 3.8) is 0 Å². The van der Waals surface area contributed by atoms with Gasteiger partial charge < -0.3 is 10.4 Å². The van der Waals surface area contributed by atoms with E-state index in [2.05, 4.69) is 40.6 Å². The van der Waals surface area contributed by atoms with Gasteiger partial charge in [0.15, 0.2) is 0 Å². The molecular weight excluding hydrogens is 441 g/mol. The van der Waals surface area contributed by atoms with Crippen molar-refractivity contribution in [1.82, 2.24) is 9.97 Å². The molecule has 2 aliphatic rings. The molecule has 6 heteroatoms. The van der Waals surface area contributed by atoms with Gasteiger partial charge in [0.05, 0.1) is 11.1 Å². The fraction of sp³-hybridized carbons (Fsp3) is 0.231. The van der Waals surface area contributed by atoms with Gasteiger partial charge in [-0.05, 0) is 54.2 Å². The third-order valence-corrected chi connectivity index (χ3v) is 6.97. The fourth-order valence-electron chi connectivity index (χ4n) is 4.51. The Morgan fingerprint density at radius 1 is 1.06 bits per heavy atom. The summed E-state index contributed by atoms with van der Waals surface area (Å²) < 4.78 is 0. The summed E-state index contributed by atoms with van der Waals surface area (Å²) in [5, 5.41) is 13.0. The number of benzene rings is 2. The lowest BCUT2D eigenvalue weighted by Gasteiger charge is -2.31. The predicted octanol–water partition coefficient (Wildman–Crippen LogP) is 6.12. The summed E-state index contributed by atoms with van der Waals surface area (Å²) in [5.41, 5.74) is 7.74. The number of nitrogens with one attached hydrogen (secondary N) is 1. The van der Waals surface area contributed by atoms with Crippen LogP contribution in [0.3, 0.4) is 0 Å². The van der Waals surface area contributed by atoms with E-state index in [4.69, 9.17) is 28.2 Å². The molecule has 0 spiro atoms. The molecule has 0 saturated heterocycles. The summed E-state index contributed by atoms with van der Waals surface area (Å²) in [7, 11) is 0. The molecule has 2 unspecified atom stereocenters. The van der Waals surface area contributed by atoms with Gasteiger partial charge in [-0.25, -0.2) is 9.97 Å². The van der Waals surface area contributed by atoms with Gasteiger partial charge in [-0.3, -0.25) is 0 Å². The number of aliphatic hydroxyl groups excluding tert-OH is 1. The highest BCUT2D eigenvalue weighted by atomic mass is 35.5. The predicted molar refractivity (Wildman–Crippen MR) is 131 cm³/mol. The second-order valence-corrected chi connectivity index (χ2v) is 9.14. The van der Waals surface area contributed by atoms with Gasteiger partial charge in [0.1, 0.15) is 0 Å². The van der Waals surface area contributed by atoms with Crippen LogP contribution in [-0.4, -0.2) is 27.1 Å². The van der Waals surface area contributed by atoms with Gasteiger partial charge in [-0.2, -0.15) is 0 Å². The lowest BCUT2D eigenvalue weighted by molar-refractivity contribution is 0.299. The van der Waals surface area contributed by atoms with E-state index in [1.165, 1.54) is 11.1 Å². The topological polar surface area (TPSA) is 58.0 Å². The van der Waals surface area contributed by atoms with Crippen LogP contribution < -0.4 is 5.32 Å². The normalized spacial score (nSPS) is 19.5. The molecule has 2 N–H and O–H groups in total. The summed E-state index contributed by atoms with van der Waals surface area (Å²) in [4.78, 5) is 9.47. The van der Waals surface area contributed by atoms with Crippen LogP contribution in [0.25, 0.3) is 11.3 Å². The molecule has 0 saturated carbocycles. The third kappa shape index (κ3) is 4.18. The van der Waals surface area contributed by atoms with Crippen molar-refractivity contribution in [1.29, 1.82) is 0 Å². The average Bonchev–Trinajstić information content (AvgIpc) is 2.81. The van der Waals surface area contributed by atoms with Crippen molar-refractivity contribution in [2.75, 3.05) is 11.9 Å². The molecule has 0 amide bonds. The minimum atomic E-state index is -0.172. The quantitative estimate of drug-likeness (QED) is 0.447. The smallest absolute Gasteiger partial charge is 0.227 e. The van der Waals surface area contributed by atoms with E-state index in [0.29, 0.717) is 17.4 Å². The molecule has 1 aromatic heterocycles. The maximum Gasteiger partial charge on any atom is 0.227 e. The van der Waals surface area contributed by atoms with Crippen LogP contribution in [0.15, 0.2) is 77.5 Å². The number of halogens is 2. The highest BCUT2D eigenvalue weighted by molar-refractivity contribution is 6.37. The van der Waals surface area contributed by atoms with E-state index in [-0.39, 0.29) is 17.9 Å². The number of aliphatic hydroxyl groups is 1. The zero-order chi connectivity index (χ0) is 22.1. The second kappa shape index (κ2) is 9.07. The van der Waals surface area contributed by atoms with Gasteiger partial charge in [0, 0.05) is 35.0 Å². The van der Waals surface area contributed by atoms with Crippen molar-refractivity contribution in [3.05, 3.63) is 94.2 Å². The number of nitrogens with zero attached hydrogens (tertiary/aromatic N) is 2. The minimum absolute atomic E-state index is 0.125. The molecule has 0 aliphatic heterocycles. The average molecular weight is 464 g/mol. The molecule has 0 radical (unpaired) electrons. The summed E-state index contributed by atoms with van der Waals surface area (Å²) in [5.74, 6) is 0.795. The standard InChI is InChI=1S/C26H23Cl2N3O/c27-23-9-8-17(14-24(23)28)22-13-18-15-29-26(30-19-5-3-4-16(12-19)10-11-32)31-25(18)21-7-2-1-6-20(21)22/h1-9,12,15,22,24,32H,10-11,13-14H2,(H,29,30,31). The highest BCUT2D eigenvalue weighted by Gasteiger charge is 2.30. The number of alkyl halides is 1. The second-order valence-electron chi connectivity index (χ2n) is 8.18. The third-order valence-electron chi connectivity index (χ3n) is 6.08. The Morgan fingerprint density at radius 2 is 1.94 bits per heavy atom. The first-order valence-corrected chi connectivity index (χ1v) is 11.6. The van der Waals surface area contributed by atoms with Gasteiger partial charge in [0.2, 0.25) is 5.95 Å². The van der Waals surface area contributed by atoms with E-state index >= 15 is 0 Å². The fourth-order valence-corrected chi connectivity index (χ4v) is 4.90. The highest BCUT2D eigenvalue weighted by Crippen LogP contribution is 2.45. The molecular formula is C26H23Cl2N3O. The Morgan fingerprint density at radius 3 is 2.78 bits per heavy atom. The van der Waals surface area contributed by atoms with E-state index in [1.807, 2.05) is 36.5 Å². The molecule has 1 heterocycles. The molecule has 0 bridgehead atoms. The van der Waals surface area contributed by atoms with Gasteiger partial charge in [-0.1, -0.05) is 59.6 Å². The van der Waals surface area contributed by atoms with Crippen LogP contribution >= 0.6 is 23.2 Å². The van der Waals surface area contributed by atoms with E-state index in [9.17, 15) is 5.11 Å². The van der Waals surface area contributed by atoms with Crippen LogP contribution in [0, 0.1) is 0 Å². The first-order chi connectivity index (χ1) is 15.6.